The number of aromatic nitrogens is 1. The van der Waals surface area contributed by atoms with E-state index in [0.29, 0.717) is 23.2 Å². The van der Waals surface area contributed by atoms with Crippen molar-refractivity contribution >= 4 is 38.6 Å². The molecule has 0 saturated heterocycles. The Hall–Kier alpha value is -3.33. The monoisotopic (exact) mass is 416 g/mol. The van der Waals surface area contributed by atoms with Crippen LogP contribution in [0.25, 0.3) is 10.2 Å². The molecular weight excluding hydrogens is 396 g/mol. The van der Waals surface area contributed by atoms with E-state index in [9.17, 15) is 9.59 Å². The minimum Gasteiger partial charge on any atom is -0.496 e. The number of rotatable bonds is 8. The summed E-state index contributed by atoms with van der Waals surface area (Å²) in [6.45, 7) is 2.00. The van der Waals surface area contributed by atoms with E-state index in [-0.39, 0.29) is 5.56 Å². The van der Waals surface area contributed by atoms with Crippen LogP contribution in [0.15, 0.2) is 36.4 Å². The van der Waals surface area contributed by atoms with E-state index >= 15 is 0 Å². The Balaban J connectivity index is 1.64. The maximum Gasteiger partial charge on any atom is 0.346 e. The number of fused-ring (bicyclic) bond motifs is 1. The van der Waals surface area contributed by atoms with Crippen LogP contribution in [0.2, 0.25) is 0 Å². The van der Waals surface area contributed by atoms with E-state index in [0.717, 1.165) is 16.0 Å². The zero-order valence-electron chi connectivity index (χ0n) is 16.2. The summed E-state index contributed by atoms with van der Waals surface area (Å²) >= 11 is 1.30. The fraction of sp³-hybridized carbons (Fsp3) is 0.250. The van der Waals surface area contributed by atoms with Gasteiger partial charge in [0.05, 0.1) is 31.0 Å². The maximum atomic E-state index is 12.4. The van der Waals surface area contributed by atoms with Crippen molar-refractivity contribution in [2.24, 2.45) is 0 Å². The number of methoxy groups -OCH3 is 2. The smallest absolute Gasteiger partial charge is 0.346 e. The van der Waals surface area contributed by atoms with Gasteiger partial charge in [-0.15, -0.1) is 0 Å². The molecule has 3 rings (SSSR count). The Morgan fingerprint density at radius 1 is 1.10 bits per heavy atom. The molecule has 29 heavy (non-hydrogen) atoms. The van der Waals surface area contributed by atoms with Gasteiger partial charge in [0.1, 0.15) is 22.8 Å². The van der Waals surface area contributed by atoms with Crippen molar-refractivity contribution in [3.05, 3.63) is 42.0 Å². The largest absolute Gasteiger partial charge is 0.496 e. The maximum absolute atomic E-state index is 12.4. The van der Waals surface area contributed by atoms with Gasteiger partial charge in [0, 0.05) is 0 Å². The van der Waals surface area contributed by atoms with Gasteiger partial charge in [-0.3, -0.25) is 10.1 Å². The van der Waals surface area contributed by atoms with Gasteiger partial charge in [0.15, 0.2) is 11.7 Å². The molecule has 0 bridgehead atoms. The number of anilines is 1. The minimum absolute atomic E-state index is 0.119. The minimum atomic E-state index is -0.722. The first-order valence-corrected chi connectivity index (χ1v) is 9.58. The molecule has 0 saturated carbocycles. The van der Waals surface area contributed by atoms with Gasteiger partial charge in [-0.1, -0.05) is 17.4 Å². The number of nitrogens with zero attached hydrogens (tertiary/aromatic N) is 1. The summed E-state index contributed by atoms with van der Waals surface area (Å²) < 4.78 is 21.8. The van der Waals surface area contributed by atoms with Gasteiger partial charge in [-0.05, 0) is 37.3 Å². The van der Waals surface area contributed by atoms with Gasteiger partial charge in [0.2, 0.25) is 0 Å². The molecule has 0 radical (unpaired) electrons. The van der Waals surface area contributed by atoms with Crippen LogP contribution in [0.5, 0.6) is 17.2 Å². The number of hydrogen-bond donors (Lipinski definition) is 1. The predicted molar refractivity (Wildman–Crippen MR) is 109 cm³/mol. The van der Waals surface area contributed by atoms with Crippen molar-refractivity contribution in [3.63, 3.8) is 0 Å². The number of thiazole rings is 1. The summed E-state index contributed by atoms with van der Waals surface area (Å²) in [5, 5.41) is 3.04. The van der Waals surface area contributed by atoms with E-state index in [1.807, 2.05) is 25.1 Å². The lowest BCUT2D eigenvalue weighted by molar-refractivity contribution is -0.119. The summed E-state index contributed by atoms with van der Waals surface area (Å²) in [5.41, 5.74) is 0.859. The van der Waals surface area contributed by atoms with Crippen LogP contribution in [-0.2, 0) is 9.53 Å². The van der Waals surface area contributed by atoms with Crippen LogP contribution in [0, 0.1) is 0 Å². The van der Waals surface area contributed by atoms with Crippen molar-refractivity contribution in [2.75, 3.05) is 32.8 Å². The van der Waals surface area contributed by atoms with Gasteiger partial charge >= 0.3 is 5.97 Å². The Bertz CT molecular complexity index is 1010. The summed E-state index contributed by atoms with van der Waals surface area (Å²) in [4.78, 5) is 29.0. The molecular formula is C20H20N2O6S. The van der Waals surface area contributed by atoms with Crippen molar-refractivity contribution in [1.82, 2.24) is 4.98 Å². The molecule has 8 nitrogen and oxygen atoms in total. The van der Waals surface area contributed by atoms with Crippen molar-refractivity contribution in [3.8, 4) is 17.2 Å². The lowest BCUT2D eigenvalue weighted by atomic mass is 10.2. The van der Waals surface area contributed by atoms with Crippen LogP contribution in [0.4, 0.5) is 5.13 Å². The Morgan fingerprint density at radius 3 is 2.48 bits per heavy atom. The number of nitrogens with one attached hydrogen (secondary N) is 1. The van der Waals surface area contributed by atoms with Crippen LogP contribution >= 0.6 is 11.3 Å². The standard InChI is InChI=1S/C20H20N2O6S/c1-4-27-12-8-9-13-16(10-12)29-20(21-13)22-17(23)11-28-19(24)18-14(25-2)6-5-7-15(18)26-3/h5-10H,4,11H2,1-3H3,(H,21,22,23). The Kier molecular flexibility index (Phi) is 6.50. The first kappa shape index (κ1) is 20.4. The highest BCUT2D eigenvalue weighted by atomic mass is 32.1. The summed E-state index contributed by atoms with van der Waals surface area (Å²) in [5.74, 6) is 0.106. The fourth-order valence-electron chi connectivity index (χ4n) is 2.63. The number of hydrogen-bond acceptors (Lipinski definition) is 8. The molecule has 1 heterocycles. The molecule has 0 aliphatic heterocycles. The molecule has 0 fully saturated rings. The summed E-state index contributed by atoms with van der Waals surface area (Å²) in [6, 6.07) is 10.4. The van der Waals surface area contributed by atoms with E-state index in [4.69, 9.17) is 18.9 Å². The predicted octanol–water partition coefficient (Wildman–Crippen LogP) is 3.51. The third-order valence-corrected chi connectivity index (χ3v) is 4.82. The number of benzene rings is 2. The molecule has 3 aromatic rings. The lowest BCUT2D eigenvalue weighted by Gasteiger charge is -2.12. The molecule has 1 N–H and O–H groups in total. The molecule has 2 aromatic carbocycles. The molecule has 0 atom stereocenters. The number of carbonyl (C=O) groups is 2. The van der Waals surface area contributed by atoms with Crippen LogP contribution in [-0.4, -0.2) is 44.3 Å². The zero-order valence-corrected chi connectivity index (χ0v) is 17.0. The third kappa shape index (κ3) is 4.75. The van der Waals surface area contributed by atoms with E-state index in [2.05, 4.69) is 10.3 Å². The summed E-state index contributed by atoms with van der Waals surface area (Å²) in [6.07, 6.45) is 0. The average Bonchev–Trinajstić information content (AvgIpc) is 3.12. The Morgan fingerprint density at radius 2 is 1.83 bits per heavy atom. The first-order chi connectivity index (χ1) is 14.0. The molecule has 0 aliphatic carbocycles. The molecule has 1 aromatic heterocycles. The fourth-order valence-corrected chi connectivity index (χ4v) is 3.54. The first-order valence-electron chi connectivity index (χ1n) is 8.77. The van der Waals surface area contributed by atoms with Crippen LogP contribution in [0.1, 0.15) is 17.3 Å². The van der Waals surface area contributed by atoms with Gasteiger partial charge in [-0.25, -0.2) is 9.78 Å². The van der Waals surface area contributed by atoms with E-state index < -0.39 is 18.5 Å². The Labute approximate surface area is 171 Å². The molecule has 152 valence electrons. The average molecular weight is 416 g/mol. The quantitative estimate of drug-likeness (QED) is 0.561. The van der Waals surface area contributed by atoms with Gasteiger partial charge in [-0.2, -0.15) is 0 Å². The van der Waals surface area contributed by atoms with E-state index in [1.54, 1.807) is 18.2 Å². The third-order valence-electron chi connectivity index (χ3n) is 3.88. The van der Waals surface area contributed by atoms with Crippen molar-refractivity contribution in [2.45, 2.75) is 6.92 Å². The van der Waals surface area contributed by atoms with E-state index in [1.165, 1.54) is 25.6 Å². The van der Waals surface area contributed by atoms with Crippen molar-refractivity contribution < 1.29 is 28.5 Å². The van der Waals surface area contributed by atoms with Gasteiger partial charge < -0.3 is 18.9 Å². The second-order valence-electron chi connectivity index (χ2n) is 5.74. The second kappa shape index (κ2) is 9.24. The zero-order chi connectivity index (χ0) is 20.8. The second-order valence-corrected chi connectivity index (χ2v) is 6.77. The molecule has 0 aliphatic rings. The topological polar surface area (TPSA) is 96.0 Å². The highest BCUT2D eigenvalue weighted by Gasteiger charge is 2.21. The van der Waals surface area contributed by atoms with Crippen LogP contribution < -0.4 is 19.5 Å². The lowest BCUT2D eigenvalue weighted by Crippen LogP contribution is -2.21. The number of esters is 1. The SMILES string of the molecule is CCOc1ccc2nc(NC(=O)COC(=O)c3c(OC)cccc3OC)sc2c1. The number of amides is 1. The highest BCUT2D eigenvalue weighted by molar-refractivity contribution is 7.22. The normalized spacial score (nSPS) is 10.4. The molecule has 1 amide bonds. The molecule has 9 heteroatoms. The highest BCUT2D eigenvalue weighted by Crippen LogP contribution is 2.30. The molecule has 0 spiro atoms. The number of carbonyl (C=O) groups excluding carboxylic acids is 2. The summed E-state index contributed by atoms with van der Waals surface area (Å²) in [7, 11) is 2.87. The number of ether oxygens (including phenoxy) is 4. The molecule has 0 unspecified atom stereocenters. The van der Waals surface area contributed by atoms with Crippen LogP contribution in [0.3, 0.4) is 0 Å². The van der Waals surface area contributed by atoms with Gasteiger partial charge in [0.25, 0.3) is 5.91 Å². The van der Waals surface area contributed by atoms with Crippen molar-refractivity contribution in [1.29, 1.82) is 0 Å².